The first-order valence-electron chi connectivity index (χ1n) is 6.46. The maximum atomic E-state index is 11.7. The highest BCUT2D eigenvalue weighted by molar-refractivity contribution is 9.10. The van der Waals surface area contributed by atoms with E-state index < -0.39 is 0 Å². The van der Waals surface area contributed by atoms with Crippen molar-refractivity contribution in [3.8, 4) is 0 Å². The van der Waals surface area contributed by atoms with Crippen LogP contribution in [0.5, 0.6) is 0 Å². The number of thiophene rings is 2. The van der Waals surface area contributed by atoms with E-state index in [1.807, 2.05) is 22.9 Å². The lowest BCUT2D eigenvalue weighted by atomic mass is 10.3. The van der Waals surface area contributed by atoms with Gasteiger partial charge in [0.05, 0.1) is 11.4 Å². The van der Waals surface area contributed by atoms with E-state index >= 15 is 0 Å². The highest BCUT2D eigenvalue weighted by atomic mass is 79.9. The minimum Gasteiger partial charge on any atom is -0.351 e. The third-order valence-corrected chi connectivity index (χ3v) is 5.26. The van der Waals surface area contributed by atoms with Crippen molar-refractivity contribution in [3.05, 3.63) is 43.2 Å². The normalized spacial score (nSPS) is 10.3. The summed E-state index contributed by atoms with van der Waals surface area (Å²) in [4.78, 5) is 25.1. The van der Waals surface area contributed by atoms with E-state index in [2.05, 4.69) is 26.6 Å². The van der Waals surface area contributed by atoms with Gasteiger partial charge in [0.25, 0.3) is 5.91 Å². The Morgan fingerprint density at radius 2 is 2.10 bits per heavy atom. The fourth-order valence-corrected chi connectivity index (χ4v) is 3.70. The van der Waals surface area contributed by atoms with Gasteiger partial charge >= 0.3 is 0 Å². The average Bonchev–Trinajstić information content (AvgIpc) is 3.12. The summed E-state index contributed by atoms with van der Waals surface area (Å²) in [5.41, 5.74) is 0. The van der Waals surface area contributed by atoms with Crippen molar-refractivity contribution in [2.45, 2.75) is 19.4 Å². The molecule has 112 valence electrons. The number of amides is 2. The van der Waals surface area contributed by atoms with Crippen LogP contribution in [0, 0.1) is 0 Å². The van der Waals surface area contributed by atoms with Crippen molar-refractivity contribution in [2.24, 2.45) is 0 Å². The van der Waals surface area contributed by atoms with Gasteiger partial charge in [-0.3, -0.25) is 9.59 Å². The van der Waals surface area contributed by atoms with E-state index in [4.69, 9.17) is 0 Å². The van der Waals surface area contributed by atoms with Crippen LogP contribution in [0.3, 0.4) is 0 Å². The molecule has 0 aliphatic carbocycles. The molecule has 0 fully saturated rings. The lowest BCUT2D eigenvalue weighted by Gasteiger charge is -2.05. The SMILES string of the molecule is O=C(CCCNC(=O)c1cccs1)NCc1cc(Br)cs1. The highest BCUT2D eigenvalue weighted by Gasteiger charge is 2.06. The van der Waals surface area contributed by atoms with Gasteiger partial charge < -0.3 is 10.6 Å². The minimum absolute atomic E-state index is 0.00453. The van der Waals surface area contributed by atoms with Crippen LogP contribution in [-0.4, -0.2) is 18.4 Å². The molecule has 0 aromatic carbocycles. The number of carbonyl (C=O) groups excluding carboxylic acids is 2. The van der Waals surface area contributed by atoms with Gasteiger partial charge in [0.15, 0.2) is 0 Å². The lowest BCUT2D eigenvalue weighted by Crippen LogP contribution is -2.26. The van der Waals surface area contributed by atoms with Gasteiger partial charge in [0, 0.05) is 27.7 Å². The van der Waals surface area contributed by atoms with Crippen molar-refractivity contribution < 1.29 is 9.59 Å². The quantitative estimate of drug-likeness (QED) is 0.716. The predicted octanol–water partition coefficient (Wildman–Crippen LogP) is 3.40. The van der Waals surface area contributed by atoms with Gasteiger partial charge in [-0.1, -0.05) is 6.07 Å². The van der Waals surface area contributed by atoms with Crippen LogP contribution in [0.4, 0.5) is 0 Å². The van der Waals surface area contributed by atoms with E-state index in [0.717, 1.165) is 9.35 Å². The summed E-state index contributed by atoms with van der Waals surface area (Å²) >= 11 is 6.39. The Hall–Kier alpha value is -1.18. The summed E-state index contributed by atoms with van der Waals surface area (Å²) < 4.78 is 1.04. The maximum absolute atomic E-state index is 11.7. The average molecular weight is 387 g/mol. The molecular weight excluding hydrogens is 372 g/mol. The zero-order valence-electron chi connectivity index (χ0n) is 11.2. The lowest BCUT2D eigenvalue weighted by molar-refractivity contribution is -0.121. The Balaban J connectivity index is 1.58. The molecule has 2 heterocycles. The Morgan fingerprint density at radius 3 is 2.76 bits per heavy atom. The Bertz CT molecular complexity index is 596. The topological polar surface area (TPSA) is 58.2 Å². The van der Waals surface area contributed by atoms with Crippen LogP contribution in [0.25, 0.3) is 0 Å². The summed E-state index contributed by atoms with van der Waals surface area (Å²) in [5, 5.41) is 9.53. The van der Waals surface area contributed by atoms with Gasteiger partial charge in [-0.05, 0) is 39.9 Å². The second kappa shape index (κ2) is 8.31. The van der Waals surface area contributed by atoms with E-state index in [9.17, 15) is 9.59 Å². The van der Waals surface area contributed by atoms with Crippen LogP contribution in [0.2, 0.25) is 0 Å². The van der Waals surface area contributed by atoms with Crippen LogP contribution in [0.1, 0.15) is 27.4 Å². The molecule has 4 nitrogen and oxygen atoms in total. The number of hydrogen-bond acceptors (Lipinski definition) is 4. The summed E-state index contributed by atoms with van der Waals surface area (Å²) in [5.74, 6) is -0.0706. The molecule has 2 rings (SSSR count). The molecule has 0 saturated heterocycles. The standard InChI is InChI=1S/C14H15BrN2O2S2/c15-10-7-11(21-9-10)8-17-13(18)4-1-5-16-14(19)12-3-2-6-20-12/h2-3,6-7,9H,1,4-5,8H2,(H,16,19)(H,17,18). The molecule has 0 spiro atoms. The van der Waals surface area contributed by atoms with Crippen molar-refractivity contribution in [2.75, 3.05) is 6.54 Å². The molecule has 0 bridgehead atoms. The Kier molecular flexibility index (Phi) is 6.41. The zero-order chi connectivity index (χ0) is 15.1. The van der Waals surface area contributed by atoms with E-state index in [0.29, 0.717) is 30.8 Å². The van der Waals surface area contributed by atoms with E-state index in [1.165, 1.54) is 11.3 Å². The van der Waals surface area contributed by atoms with Crippen LogP contribution in [0.15, 0.2) is 33.4 Å². The monoisotopic (exact) mass is 386 g/mol. The molecule has 0 atom stereocenters. The molecule has 2 aromatic heterocycles. The smallest absolute Gasteiger partial charge is 0.261 e. The molecule has 21 heavy (non-hydrogen) atoms. The third-order valence-electron chi connectivity index (χ3n) is 2.69. The van der Waals surface area contributed by atoms with E-state index in [-0.39, 0.29) is 11.8 Å². The summed E-state index contributed by atoms with van der Waals surface area (Å²) in [6.07, 6.45) is 1.05. The summed E-state index contributed by atoms with van der Waals surface area (Å²) in [6.45, 7) is 1.06. The minimum atomic E-state index is -0.0751. The largest absolute Gasteiger partial charge is 0.351 e. The van der Waals surface area contributed by atoms with Crippen molar-refractivity contribution in [3.63, 3.8) is 0 Å². The van der Waals surface area contributed by atoms with Crippen LogP contribution in [-0.2, 0) is 11.3 Å². The first kappa shape index (κ1) is 16.2. The molecule has 2 N–H and O–H groups in total. The van der Waals surface area contributed by atoms with Gasteiger partial charge in [0.1, 0.15) is 0 Å². The van der Waals surface area contributed by atoms with Gasteiger partial charge in [-0.2, -0.15) is 0 Å². The predicted molar refractivity (Wildman–Crippen MR) is 89.8 cm³/mol. The van der Waals surface area contributed by atoms with Crippen LogP contribution < -0.4 is 10.6 Å². The van der Waals surface area contributed by atoms with Crippen molar-refractivity contribution >= 4 is 50.4 Å². The van der Waals surface area contributed by atoms with Crippen molar-refractivity contribution in [1.82, 2.24) is 10.6 Å². The molecule has 2 amide bonds. The number of rotatable bonds is 7. The fourth-order valence-electron chi connectivity index (χ4n) is 1.67. The van der Waals surface area contributed by atoms with Gasteiger partial charge in [-0.15, -0.1) is 22.7 Å². The van der Waals surface area contributed by atoms with Crippen molar-refractivity contribution in [1.29, 1.82) is 0 Å². The molecular formula is C14H15BrN2O2S2. The first-order valence-corrected chi connectivity index (χ1v) is 9.01. The van der Waals surface area contributed by atoms with E-state index in [1.54, 1.807) is 17.4 Å². The molecule has 2 aromatic rings. The third kappa shape index (κ3) is 5.61. The summed E-state index contributed by atoms with van der Waals surface area (Å²) in [7, 11) is 0. The molecule has 0 unspecified atom stereocenters. The summed E-state index contributed by atoms with van der Waals surface area (Å²) in [6, 6.07) is 5.62. The number of carbonyl (C=O) groups is 2. The molecule has 0 radical (unpaired) electrons. The number of nitrogens with one attached hydrogen (secondary N) is 2. The van der Waals surface area contributed by atoms with Gasteiger partial charge in [0.2, 0.25) is 5.91 Å². The second-order valence-corrected chi connectivity index (χ2v) is 7.20. The van der Waals surface area contributed by atoms with Gasteiger partial charge in [-0.25, -0.2) is 0 Å². The number of hydrogen-bond donors (Lipinski definition) is 2. The molecule has 0 aliphatic heterocycles. The Labute approximate surface area is 139 Å². The molecule has 7 heteroatoms. The molecule has 0 aliphatic rings. The maximum Gasteiger partial charge on any atom is 0.261 e. The van der Waals surface area contributed by atoms with Crippen LogP contribution >= 0.6 is 38.6 Å². The zero-order valence-corrected chi connectivity index (χ0v) is 14.4. The molecule has 0 saturated carbocycles. The Morgan fingerprint density at radius 1 is 1.24 bits per heavy atom. The fraction of sp³-hybridized carbons (Fsp3) is 0.286. The number of halogens is 1. The highest BCUT2D eigenvalue weighted by Crippen LogP contribution is 2.19. The second-order valence-electron chi connectivity index (χ2n) is 4.34. The first-order chi connectivity index (χ1) is 10.1.